The van der Waals surface area contributed by atoms with Crippen LogP contribution in [0.2, 0.25) is 0 Å². The first-order valence-electron chi connectivity index (χ1n) is 13.2. The van der Waals surface area contributed by atoms with Gasteiger partial charge in [-0.3, -0.25) is 14.6 Å². The van der Waals surface area contributed by atoms with E-state index in [1.807, 2.05) is 30.3 Å². The Morgan fingerprint density at radius 1 is 1.00 bits per heavy atom. The Bertz CT molecular complexity index is 1460. The number of halogens is 1. The van der Waals surface area contributed by atoms with Crippen LogP contribution >= 0.6 is 12.4 Å². The van der Waals surface area contributed by atoms with Crippen molar-refractivity contribution in [1.82, 2.24) is 10.6 Å². The van der Waals surface area contributed by atoms with Crippen LogP contribution in [-0.4, -0.2) is 42.5 Å². The number of ether oxygens (including phenoxy) is 1. The molecular weight excluding hydrogens is 564 g/mol. The maximum absolute atomic E-state index is 13.3. The molecule has 0 aliphatic heterocycles. The van der Waals surface area contributed by atoms with Gasteiger partial charge in [0.1, 0.15) is 24.3 Å². The van der Waals surface area contributed by atoms with E-state index in [0.717, 1.165) is 16.5 Å². The van der Waals surface area contributed by atoms with E-state index >= 15 is 0 Å². The number of carbonyl (C=O) groups excluding carboxylic acids is 3. The number of aryl methyl sites for hydroxylation is 1. The molecule has 0 fully saturated rings. The van der Waals surface area contributed by atoms with E-state index in [-0.39, 0.29) is 43.9 Å². The first kappa shape index (κ1) is 33.6. The number of nitrogens with zero attached hydrogens (tertiary/aromatic N) is 1. The Hall–Kier alpha value is -4.58. The Morgan fingerprint density at radius 3 is 2.38 bits per heavy atom. The van der Waals surface area contributed by atoms with Crippen LogP contribution in [0.15, 0.2) is 68.8 Å². The van der Waals surface area contributed by atoms with Crippen molar-refractivity contribution in [2.24, 2.45) is 22.4 Å². The molecule has 3 rings (SSSR count). The number of fused-ring (bicyclic) bond motifs is 1. The molecule has 1 aromatic heterocycles. The topological polar surface area (TPSA) is 191 Å². The number of nitrogens with two attached hydrogens (primary N) is 2. The summed E-state index contributed by atoms with van der Waals surface area (Å²) in [6, 6.07) is 13.5. The zero-order valence-electron chi connectivity index (χ0n) is 23.7. The van der Waals surface area contributed by atoms with Crippen LogP contribution in [0.3, 0.4) is 0 Å². The summed E-state index contributed by atoms with van der Waals surface area (Å²) >= 11 is 0. The lowest BCUT2D eigenvalue weighted by Gasteiger charge is -2.25. The van der Waals surface area contributed by atoms with Crippen LogP contribution in [0, 0.1) is 12.8 Å². The third kappa shape index (κ3) is 10.1. The summed E-state index contributed by atoms with van der Waals surface area (Å²) in [6.45, 7) is 5.61. The van der Waals surface area contributed by atoms with Gasteiger partial charge in [0.15, 0.2) is 5.96 Å². The van der Waals surface area contributed by atoms with Gasteiger partial charge in [-0.05, 0) is 48.9 Å². The van der Waals surface area contributed by atoms with E-state index < -0.39 is 35.6 Å². The molecule has 0 bridgehead atoms. The second kappa shape index (κ2) is 16.0. The minimum atomic E-state index is -0.986. The van der Waals surface area contributed by atoms with Gasteiger partial charge in [0.2, 0.25) is 11.8 Å². The van der Waals surface area contributed by atoms with E-state index in [0.29, 0.717) is 17.7 Å². The fraction of sp³-hybridized carbons (Fsp3) is 0.345. The number of aliphatic imine (C=N–C) groups is 1. The van der Waals surface area contributed by atoms with E-state index in [1.165, 1.54) is 6.07 Å². The van der Waals surface area contributed by atoms with Crippen LogP contribution in [0.25, 0.3) is 11.0 Å². The molecule has 3 amide bonds. The number of hydrogen-bond acceptors (Lipinski definition) is 7. The van der Waals surface area contributed by atoms with Gasteiger partial charge in [0.25, 0.3) is 0 Å². The Balaban J connectivity index is 0.00000616. The summed E-state index contributed by atoms with van der Waals surface area (Å²) in [5, 5.41) is 8.82. The summed E-state index contributed by atoms with van der Waals surface area (Å²) < 4.78 is 10.5. The first-order valence-corrected chi connectivity index (χ1v) is 13.2. The first-order chi connectivity index (χ1) is 19.5. The second-order valence-electron chi connectivity index (χ2n) is 9.89. The summed E-state index contributed by atoms with van der Waals surface area (Å²) in [7, 11) is 0. The molecule has 0 saturated heterocycles. The number of guanidine groups is 1. The summed E-state index contributed by atoms with van der Waals surface area (Å²) in [6.07, 6.45) is -0.162. The van der Waals surface area contributed by atoms with Crippen molar-refractivity contribution in [2.45, 2.75) is 52.3 Å². The number of nitrogens with one attached hydrogen (secondary N) is 3. The van der Waals surface area contributed by atoms with Gasteiger partial charge in [-0.2, -0.15) is 0 Å². The van der Waals surface area contributed by atoms with Crippen LogP contribution in [0.4, 0.5) is 10.5 Å². The highest BCUT2D eigenvalue weighted by Crippen LogP contribution is 2.21. The molecule has 42 heavy (non-hydrogen) atoms. The molecule has 2 atom stereocenters. The number of anilines is 1. The van der Waals surface area contributed by atoms with Crippen LogP contribution in [0.1, 0.15) is 37.8 Å². The highest BCUT2D eigenvalue weighted by molar-refractivity contribution is 5.99. The predicted molar refractivity (Wildman–Crippen MR) is 163 cm³/mol. The molecule has 12 nitrogen and oxygen atoms in total. The SMILES string of the molecule is Cc1cc(=O)oc2cc(NC(=O)[C@H](CCCN=C(N)N)NC(=O)[C@@H](NC(=O)OCc3ccccc3)C(C)C)ccc12.Cl. The van der Waals surface area contributed by atoms with Crippen molar-refractivity contribution >= 4 is 52.9 Å². The number of hydrogen-bond donors (Lipinski definition) is 5. The van der Waals surface area contributed by atoms with Gasteiger partial charge in [0, 0.05) is 29.8 Å². The predicted octanol–water partition coefficient (Wildman–Crippen LogP) is 2.95. The lowest BCUT2D eigenvalue weighted by Crippen LogP contribution is -2.54. The smallest absolute Gasteiger partial charge is 0.408 e. The Labute approximate surface area is 249 Å². The maximum Gasteiger partial charge on any atom is 0.408 e. The van der Waals surface area contributed by atoms with Gasteiger partial charge in [-0.15, -0.1) is 12.4 Å². The molecular formula is C29H37ClN6O6. The number of rotatable bonds is 12. The molecule has 0 radical (unpaired) electrons. The zero-order chi connectivity index (χ0) is 29.9. The molecule has 0 aliphatic carbocycles. The second-order valence-corrected chi connectivity index (χ2v) is 9.89. The number of alkyl carbamates (subject to hydrolysis) is 1. The molecule has 1 heterocycles. The third-order valence-corrected chi connectivity index (χ3v) is 6.23. The highest BCUT2D eigenvalue weighted by Gasteiger charge is 2.29. The van der Waals surface area contributed by atoms with Crippen molar-refractivity contribution in [3.63, 3.8) is 0 Å². The van der Waals surface area contributed by atoms with E-state index in [4.69, 9.17) is 20.6 Å². The van der Waals surface area contributed by atoms with E-state index in [1.54, 1.807) is 39.0 Å². The minimum absolute atomic E-state index is 0. The van der Waals surface area contributed by atoms with Gasteiger partial charge < -0.3 is 36.6 Å². The van der Waals surface area contributed by atoms with Crippen LogP contribution in [0.5, 0.6) is 0 Å². The quantitative estimate of drug-likeness (QED) is 0.0906. The fourth-order valence-corrected chi connectivity index (χ4v) is 4.09. The zero-order valence-corrected chi connectivity index (χ0v) is 24.5. The summed E-state index contributed by atoms with van der Waals surface area (Å²) in [5.41, 5.74) is 12.5. The lowest BCUT2D eigenvalue weighted by molar-refractivity contribution is -0.128. The van der Waals surface area contributed by atoms with Crippen molar-refractivity contribution in [2.75, 3.05) is 11.9 Å². The largest absolute Gasteiger partial charge is 0.445 e. The lowest BCUT2D eigenvalue weighted by atomic mass is 10.0. The number of carbonyl (C=O) groups is 3. The molecule has 7 N–H and O–H groups in total. The molecule has 2 aromatic carbocycles. The van der Waals surface area contributed by atoms with Crippen molar-refractivity contribution in [1.29, 1.82) is 0 Å². The average molecular weight is 601 g/mol. The molecule has 0 spiro atoms. The Kier molecular flexibility index (Phi) is 12.8. The minimum Gasteiger partial charge on any atom is -0.445 e. The number of amides is 3. The van der Waals surface area contributed by atoms with Gasteiger partial charge in [-0.1, -0.05) is 44.2 Å². The molecule has 226 valence electrons. The number of benzene rings is 2. The monoisotopic (exact) mass is 600 g/mol. The van der Waals surface area contributed by atoms with Gasteiger partial charge >= 0.3 is 11.7 Å². The van der Waals surface area contributed by atoms with E-state index in [2.05, 4.69) is 20.9 Å². The van der Waals surface area contributed by atoms with Crippen molar-refractivity contribution in [3.05, 3.63) is 76.1 Å². The van der Waals surface area contributed by atoms with Crippen molar-refractivity contribution in [3.8, 4) is 0 Å². The molecule has 3 aromatic rings. The highest BCUT2D eigenvalue weighted by atomic mass is 35.5. The van der Waals surface area contributed by atoms with Gasteiger partial charge in [0.05, 0.1) is 0 Å². The Morgan fingerprint density at radius 2 is 1.71 bits per heavy atom. The third-order valence-electron chi connectivity index (χ3n) is 6.23. The molecule has 0 unspecified atom stereocenters. The molecule has 0 saturated carbocycles. The molecule has 0 aliphatic rings. The average Bonchev–Trinajstić information content (AvgIpc) is 2.92. The normalized spacial score (nSPS) is 12.0. The standard InChI is InChI=1S/C29H36N6O6.ClH/c1-17(2)25(35-29(39)40-16-19-8-5-4-6-9-19)27(38)34-22(10-7-13-32-28(30)31)26(37)33-20-11-12-21-18(3)14-24(36)41-23(21)15-20;/h4-6,8-9,11-12,14-15,17,22,25H,7,10,13,16H2,1-3H3,(H,33,37)(H,34,38)(H,35,39)(H4,30,31,32);1H/t22-,25-;/m0./s1. The molecule has 13 heteroatoms. The van der Waals surface area contributed by atoms with Crippen LogP contribution < -0.4 is 33.0 Å². The van der Waals surface area contributed by atoms with Gasteiger partial charge in [-0.25, -0.2) is 9.59 Å². The van der Waals surface area contributed by atoms with Crippen LogP contribution in [-0.2, 0) is 20.9 Å². The maximum atomic E-state index is 13.3. The summed E-state index contributed by atoms with van der Waals surface area (Å²) in [5.74, 6) is -1.46. The van der Waals surface area contributed by atoms with Crippen molar-refractivity contribution < 1.29 is 23.5 Å². The summed E-state index contributed by atoms with van der Waals surface area (Å²) in [4.78, 5) is 54.8. The van der Waals surface area contributed by atoms with E-state index in [9.17, 15) is 19.2 Å². The fourth-order valence-electron chi connectivity index (χ4n) is 4.09.